The van der Waals surface area contributed by atoms with E-state index in [1.54, 1.807) is 0 Å². The minimum Gasteiger partial charge on any atom is -0.351 e. The van der Waals surface area contributed by atoms with Crippen LogP contribution >= 0.6 is 0 Å². The Kier molecular flexibility index (Phi) is 7.01. The minimum atomic E-state index is 0.101. The smallest absolute Gasteiger partial charge is 0.275 e. The summed E-state index contributed by atoms with van der Waals surface area (Å²) in [6.45, 7) is 7.62. The minimum absolute atomic E-state index is 0.101. The zero-order valence-corrected chi connectivity index (χ0v) is 15.0. The number of hydrogen-bond acceptors (Lipinski definition) is 1. The molecule has 2 rings (SSSR count). The highest BCUT2D eigenvalue weighted by Gasteiger charge is 2.18. The number of benzene rings is 2. The zero-order valence-electron chi connectivity index (χ0n) is 15.0. The summed E-state index contributed by atoms with van der Waals surface area (Å²) < 4.78 is 0. The van der Waals surface area contributed by atoms with Crippen LogP contribution in [0.4, 0.5) is 0 Å². The molecule has 3 nitrogen and oxygen atoms in total. The maximum absolute atomic E-state index is 12.1. The van der Waals surface area contributed by atoms with Gasteiger partial charge in [0.05, 0.1) is 0 Å². The van der Waals surface area contributed by atoms with E-state index >= 15 is 0 Å². The first kappa shape index (κ1) is 18.2. The predicted octanol–water partition coefficient (Wildman–Crippen LogP) is 2.81. The molecule has 0 saturated heterocycles. The van der Waals surface area contributed by atoms with E-state index in [9.17, 15) is 4.79 Å². The van der Waals surface area contributed by atoms with Crippen LogP contribution in [0.2, 0.25) is 0 Å². The standard InChI is InChI=1S/C21H28N2O/c1-16(2)13-14-22-20(24)15-23-21(18-7-5-4-6-8-18)19-11-9-17(3)10-12-19/h4-12,16,21,23H,13-15H2,1-3H3,(H,22,24)/p+1/t21-/m1/s1. The van der Waals surface area contributed by atoms with Gasteiger partial charge in [0.2, 0.25) is 0 Å². The lowest BCUT2D eigenvalue weighted by atomic mass is 9.98. The van der Waals surface area contributed by atoms with Crippen molar-refractivity contribution in [2.45, 2.75) is 33.2 Å². The second-order valence-corrected chi connectivity index (χ2v) is 6.77. The van der Waals surface area contributed by atoms with Crippen molar-refractivity contribution in [3.8, 4) is 0 Å². The van der Waals surface area contributed by atoms with E-state index in [-0.39, 0.29) is 11.9 Å². The molecule has 128 valence electrons. The Morgan fingerprint density at radius 2 is 1.62 bits per heavy atom. The lowest BCUT2D eigenvalue weighted by molar-refractivity contribution is -0.676. The summed E-state index contributed by atoms with van der Waals surface area (Å²) >= 11 is 0. The highest BCUT2D eigenvalue weighted by molar-refractivity contribution is 5.76. The molecule has 24 heavy (non-hydrogen) atoms. The Morgan fingerprint density at radius 3 is 2.25 bits per heavy atom. The number of nitrogens with one attached hydrogen (secondary N) is 1. The van der Waals surface area contributed by atoms with Crippen molar-refractivity contribution in [3.05, 3.63) is 71.3 Å². The van der Waals surface area contributed by atoms with E-state index < -0.39 is 0 Å². The van der Waals surface area contributed by atoms with Crippen LogP contribution in [-0.4, -0.2) is 19.0 Å². The molecule has 0 aromatic heterocycles. The fourth-order valence-electron chi connectivity index (χ4n) is 2.70. The molecule has 0 aliphatic heterocycles. The fraction of sp³-hybridized carbons (Fsp3) is 0.381. The van der Waals surface area contributed by atoms with E-state index in [1.165, 1.54) is 16.7 Å². The van der Waals surface area contributed by atoms with Gasteiger partial charge >= 0.3 is 0 Å². The highest BCUT2D eigenvalue weighted by Crippen LogP contribution is 2.18. The van der Waals surface area contributed by atoms with Gasteiger partial charge in [-0.3, -0.25) is 4.79 Å². The molecule has 0 spiro atoms. The third-order valence-corrected chi connectivity index (χ3v) is 4.18. The van der Waals surface area contributed by atoms with E-state index in [1.807, 2.05) is 18.2 Å². The molecule has 0 heterocycles. The van der Waals surface area contributed by atoms with Gasteiger partial charge in [0.1, 0.15) is 6.04 Å². The van der Waals surface area contributed by atoms with Crippen LogP contribution in [0.5, 0.6) is 0 Å². The van der Waals surface area contributed by atoms with Crippen molar-refractivity contribution in [1.29, 1.82) is 0 Å². The van der Waals surface area contributed by atoms with Gasteiger partial charge in [-0.15, -0.1) is 0 Å². The average molecular weight is 325 g/mol. The topological polar surface area (TPSA) is 45.7 Å². The second kappa shape index (κ2) is 9.24. The van der Waals surface area contributed by atoms with E-state index in [4.69, 9.17) is 0 Å². The van der Waals surface area contributed by atoms with Crippen molar-refractivity contribution >= 4 is 5.91 Å². The number of rotatable bonds is 8. The van der Waals surface area contributed by atoms with Crippen LogP contribution in [-0.2, 0) is 4.79 Å². The van der Waals surface area contributed by atoms with Gasteiger partial charge < -0.3 is 10.6 Å². The Morgan fingerprint density at radius 1 is 1.00 bits per heavy atom. The SMILES string of the molecule is Cc1ccc([C@H]([NH2+]CC(=O)NCCC(C)C)c2ccccc2)cc1. The van der Waals surface area contributed by atoms with Crippen molar-refractivity contribution in [2.75, 3.05) is 13.1 Å². The largest absolute Gasteiger partial charge is 0.351 e. The van der Waals surface area contributed by atoms with Crippen LogP contribution in [0, 0.1) is 12.8 Å². The second-order valence-electron chi connectivity index (χ2n) is 6.77. The van der Waals surface area contributed by atoms with Crippen LogP contribution in [0.15, 0.2) is 54.6 Å². The van der Waals surface area contributed by atoms with Crippen molar-refractivity contribution in [3.63, 3.8) is 0 Å². The van der Waals surface area contributed by atoms with Crippen molar-refractivity contribution < 1.29 is 10.1 Å². The van der Waals surface area contributed by atoms with Crippen LogP contribution in [0.25, 0.3) is 0 Å². The molecule has 1 atom stereocenters. The predicted molar refractivity (Wildman–Crippen MR) is 98.7 cm³/mol. The number of quaternary nitrogens is 1. The summed E-state index contributed by atoms with van der Waals surface area (Å²) in [6.07, 6.45) is 1.02. The molecule has 0 saturated carbocycles. The molecular formula is C21H29N2O+. The Balaban J connectivity index is 2.02. The van der Waals surface area contributed by atoms with Crippen LogP contribution in [0.1, 0.15) is 43.0 Å². The molecule has 0 fully saturated rings. The van der Waals surface area contributed by atoms with Gasteiger partial charge in [-0.2, -0.15) is 0 Å². The summed E-state index contributed by atoms with van der Waals surface area (Å²) in [7, 11) is 0. The molecule has 1 amide bonds. The molecule has 3 heteroatoms. The summed E-state index contributed by atoms with van der Waals surface area (Å²) in [5, 5.41) is 5.13. The normalized spacial score (nSPS) is 12.2. The number of amides is 1. The van der Waals surface area contributed by atoms with Gasteiger partial charge in [-0.1, -0.05) is 74.0 Å². The number of carbonyl (C=O) groups is 1. The highest BCUT2D eigenvalue weighted by atomic mass is 16.1. The van der Waals surface area contributed by atoms with Gasteiger partial charge in [0.15, 0.2) is 6.54 Å². The quantitative estimate of drug-likeness (QED) is 0.770. The first-order chi connectivity index (χ1) is 11.6. The summed E-state index contributed by atoms with van der Waals surface area (Å²) in [4.78, 5) is 12.1. The van der Waals surface area contributed by atoms with E-state index in [2.05, 4.69) is 67.8 Å². The molecule has 0 bridgehead atoms. The van der Waals surface area contributed by atoms with E-state index in [0.717, 1.165) is 13.0 Å². The average Bonchev–Trinajstić information content (AvgIpc) is 2.57. The Hall–Kier alpha value is -2.13. The molecule has 0 unspecified atom stereocenters. The third kappa shape index (κ3) is 5.82. The fourth-order valence-corrected chi connectivity index (χ4v) is 2.70. The first-order valence-corrected chi connectivity index (χ1v) is 8.78. The van der Waals surface area contributed by atoms with Crippen LogP contribution < -0.4 is 10.6 Å². The summed E-state index contributed by atoms with van der Waals surface area (Å²) in [6, 6.07) is 19.1. The molecule has 0 radical (unpaired) electrons. The number of carbonyl (C=O) groups excluding carboxylic acids is 1. The maximum atomic E-state index is 12.1. The third-order valence-electron chi connectivity index (χ3n) is 4.18. The Bertz CT molecular complexity index is 620. The van der Waals surface area contributed by atoms with Crippen molar-refractivity contribution in [1.82, 2.24) is 5.32 Å². The number of nitrogens with two attached hydrogens (primary N) is 1. The molecule has 2 aromatic rings. The molecule has 0 aliphatic carbocycles. The molecule has 2 aromatic carbocycles. The number of aryl methyl sites for hydroxylation is 1. The lowest BCUT2D eigenvalue weighted by Crippen LogP contribution is -2.87. The number of hydrogen-bond donors (Lipinski definition) is 2. The molecule has 3 N–H and O–H groups in total. The zero-order chi connectivity index (χ0) is 17.4. The van der Waals surface area contributed by atoms with Crippen molar-refractivity contribution in [2.24, 2.45) is 5.92 Å². The maximum Gasteiger partial charge on any atom is 0.275 e. The van der Waals surface area contributed by atoms with Gasteiger partial charge in [0.25, 0.3) is 5.91 Å². The van der Waals surface area contributed by atoms with E-state index in [0.29, 0.717) is 12.5 Å². The first-order valence-electron chi connectivity index (χ1n) is 8.78. The summed E-state index contributed by atoms with van der Waals surface area (Å²) in [5.74, 6) is 0.711. The lowest BCUT2D eigenvalue weighted by Gasteiger charge is -2.17. The van der Waals surface area contributed by atoms with Gasteiger partial charge in [-0.25, -0.2) is 0 Å². The van der Waals surface area contributed by atoms with Crippen LogP contribution in [0.3, 0.4) is 0 Å². The van der Waals surface area contributed by atoms with Gasteiger partial charge in [-0.05, 0) is 19.3 Å². The van der Waals surface area contributed by atoms with Gasteiger partial charge in [0, 0.05) is 17.7 Å². The molecular weight excluding hydrogens is 296 g/mol. The monoisotopic (exact) mass is 325 g/mol. The Labute approximate surface area is 145 Å². The summed E-state index contributed by atoms with van der Waals surface area (Å²) in [5.41, 5.74) is 3.69. The molecule has 0 aliphatic rings.